The highest BCUT2D eigenvalue weighted by molar-refractivity contribution is 7.71. The number of H-pyrrole nitrogens is 1. The van der Waals surface area contributed by atoms with Crippen molar-refractivity contribution in [3.05, 3.63) is 31.2 Å². The highest BCUT2D eigenvalue weighted by Crippen LogP contribution is 2.04. The number of fused-ring (bicyclic) bond motifs is 1. The number of carboxylic acid groups (broad SMARTS) is 1. The first-order valence-electron chi connectivity index (χ1n) is 5.73. The second-order valence-corrected chi connectivity index (χ2v) is 4.67. The zero-order chi connectivity index (χ0) is 15.0. The molecule has 0 spiro atoms. The van der Waals surface area contributed by atoms with Crippen LogP contribution < -0.4 is 11.1 Å². The van der Waals surface area contributed by atoms with E-state index in [1.54, 1.807) is 7.05 Å². The molecule has 0 fully saturated rings. The molecular weight excluding hydrogens is 284 g/mol. The number of carbonyl (C=O) groups is 1. The number of nitrogens with zero attached hydrogens (tertiary/aromatic N) is 3. The van der Waals surface area contributed by atoms with Gasteiger partial charge in [0.1, 0.15) is 11.3 Å². The summed E-state index contributed by atoms with van der Waals surface area (Å²) in [5, 5.41) is 8.63. The molecule has 0 aliphatic carbocycles. The van der Waals surface area contributed by atoms with Crippen molar-refractivity contribution in [2.75, 3.05) is 0 Å². The predicted octanol–water partition coefficient (Wildman–Crippen LogP) is -0.293. The Hall–Kier alpha value is -2.29. The summed E-state index contributed by atoms with van der Waals surface area (Å²) in [5.74, 6) is -1.04. The van der Waals surface area contributed by atoms with Crippen LogP contribution in [0, 0.1) is 4.77 Å². The van der Waals surface area contributed by atoms with Crippen LogP contribution >= 0.6 is 12.2 Å². The molecule has 0 aromatic carbocycles. The molecule has 2 aromatic rings. The minimum absolute atomic E-state index is 0.0223. The second kappa shape index (κ2) is 5.00. The number of carboxylic acids is 1. The Bertz CT molecular complexity index is 877. The van der Waals surface area contributed by atoms with E-state index >= 15 is 0 Å². The van der Waals surface area contributed by atoms with Gasteiger partial charge in [0.2, 0.25) is 0 Å². The summed E-state index contributed by atoms with van der Waals surface area (Å²) >= 11 is 5.07. The first kappa shape index (κ1) is 14.1. The lowest BCUT2D eigenvalue weighted by Gasteiger charge is -2.09. The summed E-state index contributed by atoms with van der Waals surface area (Å²) < 4.78 is 2.96. The van der Waals surface area contributed by atoms with E-state index in [9.17, 15) is 14.4 Å². The normalized spacial score (nSPS) is 10.9. The monoisotopic (exact) mass is 296 g/mol. The van der Waals surface area contributed by atoms with Gasteiger partial charge in [-0.15, -0.1) is 0 Å². The molecule has 0 unspecified atom stereocenters. The molecule has 0 saturated carbocycles. The predicted molar refractivity (Wildman–Crippen MR) is 73.4 cm³/mol. The van der Waals surface area contributed by atoms with Crippen molar-refractivity contribution in [3.63, 3.8) is 0 Å². The van der Waals surface area contributed by atoms with E-state index in [0.29, 0.717) is 0 Å². The lowest BCUT2D eigenvalue weighted by atomic mass is 10.2. The number of hydrogen-bond donors (Lipinski definition) is 2. The molecule has 0 radical (unpaired) electrons. The summed E-state index contributed by atoms with van der Waals surface area (Å²) in [7, 11) is 3.12. The molecule has 0 bridgehead atoms. The zero-order valence-electron chi connectivity index (χ0n) is 10.8. The van der Waals surface area contributed by atoms with Crippen LogP contribution in [0.15, 0.2) is 9.59 Å². The Morgan fingerprint density at radius 3 is 2.60 bits per heavy atom. The van der Waals surface area contributed by atoms with Gasteiger partial charge in [-0.1, -0.05) is 0 Å². The fraction of sp³-hybridized carbons (Fsp3) is 0.364. The molecule has 2 heterocycles. The third kappa shape index (κ3) is 2.27. The SMILES string of the molecule is Cn1c(=O)c2nc(CCC(=O)O)c(=O)[nH]c2n(C)c1=S. The summed E-state index contributed by atoms with van der Waals surface area (Å²) in [6, 6.07) is 0. The van der Waals surface area contributed by atoms with Gasteiger partial charge in [-0.3, -0.25) is 19.0 Å². The smallest absolute Gasteiger partial charge is 0.303 e. The third-order valence-electron chi connectivity index (χ3n) is 2.96. The van der Waals surface area contributed by atoms with Crippen molar-refractivity contribution < 1.29 is 9.90 Å². The minimum atomic E-state index is -1.04. The summed E-state index contributed by atoms with van der Waals surface area (Å²) in [4.78, 5) is 41.0. The Labute approximate surface area is 117 Å². The highest BCUT2D eigenvalue weighted by atomic mass is 32.1. The van der Waals surface area contributed by atoms with Crippen LogP contribution in [0.1, 0.15) is 12.1 Å². The van der Waals surface area contributed by atoms with Crippen molar-refractivity contribution in [1.29, 1.82) is 0 Å². The maximum Gasteiger partial charge on any atom is 0.303 e. The molecule has 0 aliphatic heterocycles. The Balaban J connectivity index is 2.77. The van der Waals surface area contributed by atoms with Crippen LogP contribution in [-0.2, 0) is 25.3 Å². The van der Waals surface area contributed by atoms with Gasteiger partial charge in [-0.2, -0.15) is 0 Å². The van der Waals surface area contributed by atoms with Gasteiger partial charge in [-0.25, -0.2) is 4.98 Å². The number of hydrogen-bond acceptors (Lipinski definition) is 5. The van der Waals surface area contributed by atoms with Gasteiger partial charge >= 0.3 is 5.97 Å². The van der Waals surface area contributed by atoms with Crippen molar-refractivity contribution in [3.8, 4) is 0 Å². The van der Waals surface area contributed by atoms with E-state index in [1.807, 2.05) is 0 Å². The first-order valence-corrected chi connectivity index (χ1v) is 6.14. The Morgan fingerprint density at radius 2 is 2.00 bits per heavy atom. The van der Waals surface area contributed by atoms with E-state index in [2.05, 4.69) is 9.97 Å². The van der Waals surface area contributed by atoms with Crippen LogP contribution in [0.2, 0.25) is 0 Å². The van der Waals surface area contributed by atoms with E-state index in [-0.39, 0.29) is 34.5 Å². The molecule has 2 rings (SSSR count). The molecule has 8 nitrogen and oxygen atoms in total. The number of aromatic nitrogens is 4. The lowest BCUT2D eigenvalue weighted by molar-refractivity contribution is -0.136. The fourth-order valence-corrected chi connectivity index (χ4v) is 2.00. The maximum atomic E-state index is 12.1. The average molecular weight is 296 g/mol. The molecular formula is C11H12N4O4S. The maximum absolute atomic E-state index is 12.1. The van der Waals surface area contributed by atoms with E-state index in [4.69, 9.17) is 17.3 Å². The highest BCUT2D eigenvalue weighted by Gasteiger charge is 2.13. The summed E-state index contributed by atoms with van der Waals surface area (Å²) in [5.41, 5.74) is -0.646. The minimum Gasteiger partial charge on any atom is -0.481 e. The Morgan fingerprint density at radius 1 is 1.35 bits per heavy atom. The molecule has 20 heavy (non-hydrogen) atoms. The molecule has 2 aromatic heterocycles. The van der Waals surface area contributed by atoms with Gasteiger partial charge in [-0.05, 0) is 12.2 Å². The standard InChI is InChI=1S/C11H12N4O4S/c1-14-8-7(10(19)15(2)11(14)20)12-5(9(18)13-8)3-4-6(16)17/h3-4H2,1-2H3,(H,13,18)(H,16,17). The fourth-order valence-electron chi connectivity index (χ4n) is 1.83. The molecule has 0 amide bonds. The molecule has 0 atom stereocenters. The largest absolute Gasteiger partial charge is 0.481 e. The van der Waals surface area contributed by atoms with Crippen molar-refractivity contribution in [2.45, 2.75) is 12.8 Å². The number of rotatable bonds is 3. The van der Waals surface area contributed by atoms with E-state index in [0.717, 1.165) is 0 Å². The quantitative estimate of drug-likeness (QED) is 0.753. The van der Waals surface area contributed by atoms with Crippen LogP contribution in [0.4, 0.5) is 0 Å². The molecule has 0 saturated heterocycles. The second-order valence-electron chi connectivity index (χ2n) is 4.31. The third-order valence-corrected chi connectivity index (χ3v) is 3.50. The summed E-state index contributed by atoms with van der Waals surface area (Å²) in [6.45, 7) is 0. The van der Waals surface area contributed by atoms with Crippen LogP contribution in [0.5, 0.6) is 0 Å². The van der Waals surface area contributed by atoms with Gasteiger partial charge in [0.25, 0.3) is 11.1 Å². The van der Waals surface area contributed by atoms with E-state index < -0.39 is 17.1 Å². The average Bonchev–Trinajstić information content (AvgIpc) is 2.41. The van der Waals surface area contributed by atoms with Gasteiger partial charge in [0.15, 0.2) is 10.3 Å². The van der Waals surface area contributed by atoms with Crippen LogP contribution in [-0.4, -0.2) is 30.2 Å². The number of nitrogens with one attached hydrogen (secondary N) is 1. The molecule has 2 N–H and O–H groups in total. The number of aromatic amines is 1. The number of aryl methyl sites for hydroxylation is 2. The van der Waals surface area contributed by atoms with Gasteiger partial charge in [0, 0.05) is 20.5 Å². The number of aliphatic carboxylic acids is 1. The first-order chi connectivity index (χ1) is 9.32. The van der Waals surface area contributed by atoms with Crippen LogP contribution in [0.25, 0.3) is 11.2 Å². The molecule has 9 heteroatoms. The summed E-state index contributed by atoms with van der Waals surface area (Å²) in [6.07, 6.45) is -0.268. The van der Waals surface area contributed by atoms with Crippen molar-refractivity contribution >= 4 is 29.4 Å². The van der Waals surface area contributed by atoms with Gasteiger partial charge in [0.05, 0.1) is 6.42 Å². The van der Waals surface area contributed by atoms with Gasteiger partial charge < -0.3 is 14.7 Å². The molecule has 0 aliphatic rings. The van der Waals surface area contributed by atoms with Crippen molar-refractivity contribution in [2.24, 2.45) is 14.1 Å². The van der Waals surface area contributed by atoms with E-state index in [1.165, 1.54) is 16.2 Å². The van der Waals surface area contributed by atoms with Crippen molar-refractivity contribution in [1.82, 2.24) is 19.1 Å². The molecule has 106 valence electrons. The topological polar surface area (TPSA) is 110 Å². The zero-order valence-corrected chi connectivity index (χ0v) is 11.7. The lowest BCUT2D eigenvalue weighted by Crippen LogP contribution is -2.27. The van der Waals surface area contributed by atoms with Crippen LogP contribution in [0.3, 0.4) is 0 Å². The Kier molecular flexibility index (Phi) is 3.53.